The Bertz CT molecular complexity index is 435. The number of hydrogen-bond donors (Lipinski definition) is 0. The number of rotatable bonds is 4. The Kier molecular flexibility index (Phi) is 3.66. The maximum absolute atomic E-state index is 13.3. The number of halogens is 2. The topological polar surface area (TPSA) is 29.5 Å². The van der Waals surface area contributed by atoms with Crippen LogP contribution in [0.3, 0.4) is 0 Å². The largest absolute Gasteiger partial charge is 0.481 e. The lowest BCUT2D eigenvalue weighted by molar-refractivity contribution is -0.132. The first-order valence-electron chi connectivity index (χ1n) is 5.41. The van der Waals surface area contributed by atoms with Crippen molar-refractivity contribution < 1.29 is 13.9 Å². The van der Waals surface area contributed by atoms with Crippen LogP contribution in [0.4, 0.5) is 4.39 Å². The number of hydrogen-bond acceptors (Lipinski definition) is 2. The molecule has 0 heterocycles. The van der Waals surface area contributed by atoms with Gasteiger partial charge < -0.3 is 9.64 Å². The molecule has 1 aromatic rings. The van der Waals surface area contributed by atoms with E-state index in [1.807, 2.05) is 0 Å². The first kappa shape index (κ1) is 12.4. The van der Waals surface area contributed by atoms with E-state index in [1.54, 1.807) is 18.0 Å². The molecule has 0 aliphatic heterocycles. The number of carbonyl (C=O) groups is 1. The zero-order valence-electron chi connectivity index (χ0n) is 9.45. The number of ether oxygens (including phenoxy) is 1. The molecule has 0 bridgehead atoms. The minimum atomic E-state index is -0.463. The van der Waals surface area contributed by atoms with Gasteiger partial charge in [0.2, 0.25) is 0 Å². The molecule has 1 amide bonds. The number of nitrogens with zero attached hydrogens (tertiary/aromatic N) is 1. The molecule has 1 aliphatic rings. The summed E-state index contributed by atoms with van der Waals surface area (Å²) in [6, 6.07) is 4.74. The molecule has 0 spiro atoms. The predicted octanol–water partition coefficient (Wildman–Crippen LogP) is 2.59. The smallest absolute Gasteiger partial charge is 0.260 e. The Hall–Kier alpha value is -1.10. The van der Waals surface area contributed by atoms with Crippen LogP contribution in [0.5, 0.6) is 5.75 Å². The highest BCUT2D eigenvalue weighted by molar-refractivity contribution is 9.10. The molecule has 1 fully saturated rings. The van der Waals surface area contributed by atoms with Crippen LogP contribution >= 0.6 is 15.9 Å². The first-order chi connectivity index (χ1) is 8.08. The molecule has 0 unspecified atom stereocenters. The van der Waals surface area contributed by atoms with Crippen LogP contribution in [0.25, 0.3) is 0 Å². The van der Waals surface area contributed by atoms with Gasteiger partial charge in [-0.15, -0.1) is 0 Å². The molecule has 3 nitrogen and oxygen atoms in total. The Morgan fingerprint density at radius 3 is 2.94 bits per heavy atom. The Labute approximate surface area is 108 Å². The molecule has 0 radical (unpaired) electrons. The molecule has 1 aliphatic carbocycles. The van der Waals surface area contributed by atoms with Crippen molar-refractivity contribution in [1.29, 1.82) is 0 Å². The van der Waals surface area contributed by atoms with Crippen molar-refractivity contribution in [2.24, 2.45) is 0 Å². The van der Waals surface area contributed by atoms with Crippen LogP contribution < -0.4 is 4.74 Å². The number of carbonyl (C=O) groups excluding carboxylic acids is 1. The fraction of sp³-hybridized carbons (Fsp3) is 0.417. The molecule has 0 N–H and O–H groups in total. The molecule has 1 saturated carbocycles. The third kappa shape index (κ3) is 3.19. The summed E-state index contributed by atoms with van der Waals surface area (Å²) in [6.07, 6.45) is 2.10. The summed E-state index contributed by atoms with van der Waals surface area (Å²) in [5.74, 6) is -0.487. The molecular formula is C12H13BrFNO2. The number of amides is 1. The van der Waals surface area contributed by atoms with E-state index in [4.69, 9.17) is 4.74 Å². The van der Waals surface area contributed by atoms with Crippen LogP contribution in [-0.4, -0.2) is 30.5 Å². The Morgan fingerprint density at radius 1 is 1.59 bits per heavy atom. The highest BCUT2D eigenvalue weighted by Crippen LogP contribution is 2.26. The van der Waals surface area contributed by atoms with Crippen molar-refractivity contribution >= 4 is 21.8 Å². The SMILES string of the molecule is CN(C(=O)COc1cc(Br)ccc1F)C1CC1. The van der Waals surface area contributed by atoms with Gasteiger partial charge in [0.1, 0.15) is 0 Å². The molecule has 0 aromatic heterocycles. The average Bonchev–Trinajstić information content (AvgIpc) is 3.13. The van der Waals surface area contributed by atoms with Gasteiger partial charge in [0.15, 0.2) is 18.2 Å². The predicted molar refractivity (Wildman–Crippen MR) is 65.4 cm³/mol. The lowest BCUT2D eigenvalue weighted by Gasteiger charge is -2.16. The highest BCUT2D eigenvalue weighted by atomic mass is 79.9. The molecule has 5 heteroatoms. The summed E-state index contributed by atoms with van der Waals surface area (Å²) in [6.45, 7) is -0.125. The molecule has 1 aromatic carbocycles. The molecule has 92 valence electrons. The fourth-order valence-corrected chi connectivity index (χ4v) is 1.83. The van der Waals surface area contributed by atoms with Gasteiger partial charge in [-0.05, 0) is 31.0 Å². The summed E-state index contributed by atoms with van der Waals surface area (Å²) in [4.78, 5) is 13.3. The number of likely N-dealkylation sites (N-methyl/N-ethyl adjacent to an activating group) is 1. The van der Waals surface area contributed by atoms with E-state index in [-0.39, 0.29) is 18.3 Å². The lowest BCUT2D eigenvalue weighted by Crippen LogP contribution is -2.33. The molecule has 2 rings (SSSR count). The van der Waals surface area contributed by atoms with E-state index in [1.165, 1.54) is 12.1 Å². The van der Waals surface area contributed by atoms with Gasteiger partial charge in [-0.25, -0.2) is 4.39 Å². The second kappa shape index (κ2) is 5.04. The van der Waals surface area contributed by atoms with Gasteiger partial charge in [0.25, 0.3) is 5.91 Å². The maximum Gasteiger partial charge on any atom is 0.260 e. The summed E-state index contributed by atoms with van der Waals surface area (Å²) in [5, 5.41) is 0. The summed E-state index contributed by atoms with van der Waals surface area (Å²) in [7, 11) is 1.75. The Morgan fingerprint density at radius 2 is 2.29 bits per heavy atom. The summed E-state index contributed by atoms with van der Waals surface area (Å²) in [5.41, 5.74) is 0. The zero-order chi connectivity index (χ0) is 12.4. The van der Waals surface area contributed by atoms with Gasteiger partial charge in [-0.1, -0.05) is 15.9 Å². The highest BCUT2D eigenvalue weighted by Gasteiger charge is 2.29. The van der Waals surface area contributed by atoms with Gasteiger partial charge in [0.05, 0.1) is 0 Å². The van der Waals surface area contributed by atoms with Crippen molar-refractivity contribution in [3.8, 4) is 5.75 Å². The van der Waals surface area contributed by atoms with Crippen LogP contribution in [0.2, 0.25) is 0 Å². The molecular weight excluding hydrogens is 289 g/mol. The fourth-order valence-electron chi connectivity index (χ4n) is 1.49. The summed E-state index contributed by atoms with van der Waals surface area (Å²) < 4.78 is 19.2. The van der Waals surface area contributed by atoms with Crippen LogP contribution in [0.15, 0.2) is 22.7 Å². The Balaban J connectivity index is 1.92. The van der Waals surface area contributed by atoms with Gasteiger partial charge in [0, 0.05) is 17.6 Å². The van der Waals surface area contributed by atoms with Crippen LogP contribution in [-0.2, 0) is 4.79 Å². The van der Waals surface area contributed by atoms with Crippen LogP contribution in [0.1, 0.15) is 12.8 Å². The zero-order valence-corrected chi connectivity index (χ0v) is 11.0. The standard InChI is InChI=1S/C12H13BrFNO2/c1-15(9-3-4-9)12(16)7-17-11-6-8(13)2-5-10(11)14/h2,5-6,9H,3-4,7H2,1H3. The minimum absolute atomic E-state index is 0.0944. The monoisotopic (exact) mass is 301 g/mol. The first-order valence-corrected chi connectivity index (χ1v) is 6.20. The van der Waals surface area contributed by atoms with E-state index in [0.29, 0.717) is 6.04 Å². The van der Waals surface area contributed by atoms with Crippen LogP contribution in [0, 0.1) is 5.82 Å². The van der Waals surface area contributed by atoms with Crippen molar-refractivity contribution in [3.63, 3.8) is 0 Å². The third-order valence-electron chi connectivity index (χ3n) is 2.73. The van der Waals surface area contributed by atoms with Crippen molar-refractivity contribution in [1.82, 2.24) is 4.90 Å². The average molecular weight is 302 g/mol. The van der Waals surface area contributed by atoms with E-state index in [0.717, 1.165) is 17.3 Å². The maximum atomic E-state index is 13.3. The van der Waals surface area contributed by atoms with E-state index in [9.17, 15) is 9.18 Å². The quantitative estimate of drug-likeness (QED) is 0.855. The normalized spacial score (nSPS) is 14.5. The van der Waals surface area contributed by atoms with Gasteiger partial charge in [-0.3, -0.25) is 4.79 Å². The lowest BCUT2D eigenvalue weighted by atomic mass is 10.3. The van der Waals surface area contributed by atoms with Gasteiger partial charge >= 0.3 is 0 Å². The van der Waals surface area contributed by atoms with Crippen molar-refractivity contribution in [3.05, 3.63) is 28.5 Å². The van der Waals surface area contributed by atoms with E-state index >= 15 is 0 Å². The van der Waals surface area contributed by atoms with E-state index in [2.05, 4.69) is 15.9 Å². The van der Waals surface area contributed by atoms with Crippen molar-refractivity contribution in [2.75, 3.05) is 13.7 Å². The minimum Gasteiger partial charge on any atom is -0.481 e. The molecule has 0 atom stereocenters. The second-order valence-corrected chi connectivity index (χ2v) is 5.01. The third-order valence-corrected chi connectivity index (χ3v) is 3.23. The van der Waals surface area contributed by atoms with Crippen molar-refractivity contribution in [2.45, 2.75) is 18.9 Å². The molecule has 0 saturated heterocycles. The second-order valence-electron chi connectivity index (χ2n) is 4.10. The molecule has 17 heavy (non-hydrogen) atoms. The summed E-state index contributed by atoms with van der Waals surface area (Å²) >= 11 is 3.22. The van der Waals surface area contributed by atoms with Gasteiger partial charge in [-0.2, -0.15) is 0 Å². The van der Waals surface area contributed by atoms with E-state index < -0.39 is 5.82 Å². The number of benzene rings is 1.